The van der Waals surface area contributed by atoms with Crippen LogP contribution < -0.4 is 65.1 Å². The lowest BCUT2D eigenvalue weighted by molar-refractivity contribution is -0.141. The zero-order chi connectivity index (χ0) is 67.1. The molecule has 1 saturated heterocycles. The van der Waals surface area contributed by atoms with Gasteiger partial charge >= 0.3 is 12.0 Å². The van der Waals surface area contributed by atoms with Crippen LogP contribution in [-0.2, 0) is 75.3 Å². The molecule has 0 unspecified atom stereocenters. The van der Waals surface area contributed by atoms with Crippen LogP contribution in [0.1, 0.15) is 54.0 Å². The van der Waals surface area contributed by atoms with Crippen molar-refractivity contribution in [3.05, 3.63) is 165 Å². The second-order valence-electron chi connectivity index (χ2n) is 22.3. The number of nitrogens with two attached hydrogens (primary N) is 3. The fraction of sp³-hybridized carbons (Fsp3) is 0.344. The molecule has 1 aliphatic rings. The minimum atomic E-state index is -1.77. The largest absolute Gasteiger partial charge is 0.507 e. The molecule has 1 aliphatic heterocycles. The zero-order valence-electron chi connectivity index (χ0n) is 50.6. The van der Waals surface area contributed by atoms with E-state index in [0.29, 0.717) is 54.4 Å². The van der Waals surface area contributed by atoms with Crippen molar-refractivity contribution < 1.29 is 63.3 Å². The molecule has 0 spiro atoms. The number of unbranched alkanes of at least 4 members (excludes halogenated alkanes) is 1. The molecule has 1 fully saturated rings. The molecule has 2 heterocycles. The Morgan fingerprint density at radius 3 is 1.69 bits per heavy atom. The van der Waals surface area contributed by atoms with Crippen LogP contribution in [0, 0.1) is 3.57 Å². The number of nitrogen functional groups attached to an aromatic ring is 1. The Kier molecular flexibility index (Phi) is 27.1. The Labute approximate surface area is 557 Å². The number of carboxylic acid groups (broad SMARTS) is 1. The summed E-state index contributed by atoms with van der Waals surface area (Å²) in [6, 6.07) is 20.0. The molecular weight excluding hydrogens is 1350 g/mol. The number of anilines is 1. The highest BCUT2D eigenvalue weighted by molar-refractivity contribution is 14.1. The number of primary amides is 1. The van der Waals surface area contributed by atoms with Crippen LogP contribution in [0.3, 0.4) is 0 Å². The van der Waals surface area contributed by atoms with E-state index in [1.54, 1.807) is 115 Å². The van der Waals surface area contributed by atoms with Gasteiger partial charge in [0.15, 0.2) is 0 Å². The zero-order valence-corrected chi connectivity index (χ0v) is 54.4. The first-order valence-electron chi connectivity index (χ1n) is 29.8. The van der Waals surface area contributed by atoms with Crippen LogP contribution in [0.25, 0.3) is 10.9 Å². The minimum Gasteiger partial charge on any atom is -0.507 e. The summed E-state index contributed by atoms with van der Waals surface area (Å²) in [6.45, 7) is 1.43. The summed E-state index contributed by atoms with van der Waals surface area (Å²) in [4.78, 5) is 147. The highest BCUT2D eigenvalue weighted by atomic mass is 127. The number of aromatic nitrogens is 1. The van der Waals surface area contributed by atoms with Crippen molar-refractivity contribution in [3.8, 4) is 5.75 Å². The number of phenolic OH excluding ortho intramolecular Hbond substituents is 1. The summed E-state index contributed by atoms with van der Waals surface area (Å²) < 4.78 is 0.427. The van der Waals surface area contributed by atoms with Crippen molar-refractivity contribution in [1.82, 2.24) is 52.8 Å². The van der Waals surface area contributed by atoms with Crippen molar-refractivity contribution in [2.45, 2.75) is 119 Å². The summed E-state index contributed by atoms with van der Waals surface area (Å²) in [7, 11) is 1.77. The average Bonchev–Trinajstić information content (AvgIpc) is 1.84. The molecule has 5 aromatic carbocycles. The summed E-state index contributed by atoms with van der Waals surface area (Å²) in [5.74, 6) is -9.77. The number of aliphatic hydroxyl groups is 1. The lowest BCUT2D eigenvalue weighted by atomic mass is 10.00. The van der Waals surface area contributed by atoms with E-state index in [0.717, 1.165) is 21.6 Å². The molecule has 1 aromatic heterocycles. The first kappa shape index (κ1) is 71.5. The number of H-pyrrole nitrogens is 1. The van der Waals surface area contributed by atoms with E-state index < -0.39 is 120 Å². The third kappa shape index (κ3) is 21.9. The summed E-state index contributed by atoms with van der Waals surface area (Å²) in [5, 5.41) is 56.4. The van der Waals surface area contributed by atoms with Crippen molar-refractivity contribution in [3.63, 3.8) is 0 Å². The fourth-order valence-electron chi connectivity index (χ4n) is 10.1. The molecular formula is C64H76IN13O13S2. The molecule has 10 amide bonds. The van der Waals surface area contributed by atoms with Gasteiger partial charge in [0.1, 0.15) is 60.1 Å². The smallest absolute Gasteiger partial charge is 0.327 e. The van der Waals surface area contributed by atoms with Crippen LogP contribution in [0.2, 0.25) is 0 Å². The number of aromatic hydroxyl groups is 1. The summed E-state index contributed by atoms with van der Waals surface area (Å²) in [5.41, 5.74) is 21.2. The van der Waals surface area contributed by atoms with E-state index in [4.69, 9.17) is 17.2 Å². The van der Waals surface area contributed by atoms with Crippen LogP contribution in [0.15, 0.2) is 134 Å². The van der Waals surface area contributed by atoms with Gasteiger partial charge in [-0.3, -0.25) is 38.4 Å². The van der Waals surface area contributed by atoms with Gasteiger partial charge in [0.2, 0.25) is 47.3 Å². The van der Waals surface area contributed by atoms with Gasteiger partial charge in [0, 0.05) is 66.4 Å². The third-order valence-electron chi connectivity index (χ3n) is 15.1. The molecule has 494 valence electrons. The van der Waals surface area contributed by atoms with E-state index in [-0.39, 0.29) is 68.7 Å². The van der Waals surface area contributed by atoms with Crippen molar-refractivity contribution >= 4 is 120 Å². The number of phenols is 1. The number of hydrogen-bond acceptors (Lipinski definition) is 16. The number of nitrogens with one attached hydrogen (secondary N) is 10. The molecule has 6 aromatic rings. The Hall–Kier alpha value is -8.91. The molecule has 93 heavy (non-hydrogen) atoms. The normalized spacial score (nSPS) is 21.7. The quantitative estimate of drug-likeness (QED) is 0.0236. The minimum absolute atomic E-state index is 0.0433. The predicted molar refractivity (Wildman–Crippen MR) is 360 cm³/mol. The van der Waals surface area contributed by atoms with Gasteiger partial charge in [-0.05, 0) is 113 Å². The van der Waals surface area contributed by atoms with Crippen LogP contribution >= 0.6 is 44.2 Å². The monoisotopic (exact) mass is 1430 g/mol. The number of amides is 10. The average molecular weight is 1430 g/mol. The van der Waals surface area contributed by atoms with Gasteiger partial charge < -0.3 is 85.4 Å². The number of carbonyl (C=O) groups is 10. The Balaban J connectivity index is 1.32. The van der Waals surface area contributed by atoms with Crippen molar-refractivity contribution in [2.75, 3.05) is 23.8 Å². The van der Waals surface area contributed by atoms with E-state index in [9.17, 15) is 44.1 Å². The maximum atomic E-state index is 15.2. The third-order valence-corrected chi connectivity index (χ3v) is 18.4. The number of benzene rings is 5. The number of urea groups is 1. The standard InChI is InChI=1S/C64H76IN13O13S2/c1-35(79)54-62(88)74-48(28-37-14-6-3-7-15-37)58(84)76-52(63(89)90)34-93-92-33-51(75-59(85)49(77-64(68)91)30-39-21-24-53(80)43(65)26-39)61(87)72-46(27-36-12-4-2-5-13-36)56(82)71-47(29-38-19-22-41(67)23-20-38)57(83)73-50(31-40-32-69-44-17-9-8-16-42(40)44)60(86)70-45(55(81)78-54)18-10-11-25-66/h2-9,12-17,19-24,26,32,35,45-52,54,69,79-80H,10-11,18,25,27-31,33-34,66-67H2,1H3,(H,70,86)(H,71,82)(H,72,87)(H,73,83)(H,74,88)(H,75,85)(H,76,84)(H,78,81)(H,89,90)(H3,68,77,91)/t35-,45+,46+,47+,48+,49+,50+,51+,52+,54+/m1/s1. The molecule has 0 radical (unpaired) electrons. The van der Waals surface area contributed by atoms with E-state index >= 15 is 19.2 Å². The predicted octanol–water partition coefficient (Wildman–Crippen LogP) is 1.48. The molecule has 10 atom stereocenters. The number of halogens is 1. The first-order valence-corrected chi connectivity index (χ1v) is 33.4. The van der Waals surface area contributed by atoms with Gasteiger partial charge in [-0.25, -0.2) is 9.59 Å². The van der Waals surface area contributed by atoms with Crippen molar-refractivity contribution in [1.29, 1.82) is 0 Å². The molecule has 26 nitrogen and oxygen atoms in total. The molecule has 29 heteroatoms. The fourth-order valence-corrected chi connectivity index (χ4v) is 13.0. The first-order chi connectivity index (χ1) is 44.5. The second-order valence-corrected chi connectivity index (χ2v) is 26.0. The number of para-hydroxylation sites is 1. The van der Waals surface area contributed by atoms with E-state index in [1.165, 1.54) is 19.1 Å². The molecule has 0 saturated carbocycles. The Bertz CT molecular complexity index is 3590. The van der Waals surface area contributed by atoms with Gasteiger partial charge in [-0.2, -0.15) is 0 Å². The number of carbonyl (C=O) groups excluding carboxylic acids is 9. The highest BCUT2D eigenvalue weighted by Crippen LogP contribution is 2.26. The SMILES string of the molecule is C[C@@H](O)[C@@H]1NC(=O)[C@H](CCCCN)NC(=O)[C@H](Cc2c[nH]c3ccccc23)NC(=O)[C@H](Cc2ccc(N)cc2)NC(=O)[C@H](Cc2ccccc2)NC(=O)[C@@H](NC(=O)[C@H](Cc2ccc(O)c(I)c2)NC(N)=O)CSSC[C@@H](C(=O)O)NC(=O)[C@H](Cc2ccccc2)NC1=O. The number of fused-ring (bicyclic) bond motifs is 1. The van der Waals surface area contributed by atoms with Crippen LogP contribution in [0.4, 0.5) is 10.5 Å². The topological polar surface area (TPSA) is 434 Å². The Morgan fingerprint density at radius 1 is 0.613 bits per heavy atom. The summed E-state index contributed by atoms with van der Waals surface area (Å²) >= 11 is 1.89. The molecule has 0 aliphatic carbocycles. The maximum absolute atomic E-state index is 15.2. The number of rotatable bonds is 19. The summed E-state index contributed by atoms with van der Waals surface area (Å²) in [6.07, 6.45) is -0.319. The van der Waals surface area contributed by atoms with E-state index in [1.807, 2.05) is 28.7 Å². The number of aliphatic carboxylic acids is 1. The van der Waals surface area contributed by atoms with Crippen LogP contribution in [0.5, 0.6) is 5.75 Å². The lowest BCUT2D eigenvalue weighted by Crippen LogP contribution is -2.62. The second kappa shape index (κ2) is 35.2. The molecule has 7 rings (SSSR count). The number of aliphatic hydroxyl groups excluding tert-OH is 1. The lowest BCUT2D eigenvalue weighted by Gasteiger charge is -2.29. The van der Waals surface area contributed by atoms with Gasteiger partial charge in [0.25, 0.3) is 0 Å². The number of carboxylic acids is 1. The van der Waals surface area contributed by atoms with E-state index in [2.05, 4.69) is 52.8 Å². The molecule has 0 bridgehead atoms. The Morgan fingerprint density at radius 2 is 1.12 bits per heavy atom. The van der Waals surface area contributed by atoms with Gasteiger partial charge in [0.05, 0.1) is 9.67 Å². The van der Waals surface area contributed by atoms with Gasteiger partial charge in [-0.1, -0.05) is 119 Å². The van der Waals surface area contributed by atoms with Gasteiger partial charge in [-0.15, -0.1) is 0 Å². The van der Waals surface area contributed by atoms with Crippen LogP contribution in [-0.4, -0.2) is 158 Å². The highest BCUT2D eigenvalue weighted by Gasteiger charge is 2.38. The number of hydrogen-bond donors (Lipinski definition) is 16. The number of aromatic amines is 1. The molecule has 19 N–H and O–H groups in total. The maximum Gasteiger partial charge on any atom is 0.327 e. The van der Waals surface area contributed by atoms with Crippen molar-refractivity contribution in [2.24, 2.45) is 11.5 Å².